The standard InChI is InChI=1S/C17H20N2O6S/c1-17(2)11(16(24)25)19-13(21)10(14(19)26-17)18-12(20)9(15(22)23)8-6-4-3-5-7-8/h3-7,9-12,14,18,20H,1-2H3,(H,22,23)(H,24,25)/t9?,10-,11?,12?,14-/m1/s1. The summed E-state index contributed by atoms with van der Waals surface area (Å²) in [4.78, 5) is 36.8. The first kappa shape index (κ1) is 18.7. The molecule has 1 aromatic rings. The molecular weight excluding hydrogens is 360 g/mol. The number of nitrogens with zero attached hydrogens (tertiary/aromatic N) is 1. The minimum absolute atomic E-state index is 0.409. The Morgan fingerprint density at radius 1 is 1.23 bits per heavy atom. The smallest absolute Gasteiger partial charge is 0.327 e. The highest BCUT2D eigenvalue weighted by atomic mass is 32.2. The lowest BCUT2D eigenvalue weighted by Crippen LogP contribution is -2.71. The van der Waals surface area contributed by atoms with Crippen LogP contribution in [0.2, 0.25) is 0 Å². The van der Waals surface area contributed by atoms with Crippen LogP contribution in [0.15, 0.2) is 30.3 Å². The van der Waals surface area contributed by atoms with Crippen LogP contribution in [0.1, 0.15) is 25.3 Å². The highest BCUT2D eigenvalue weighted by Gasteiger charge is 2.64. The maximum Gasteiger partial charge on any atom is 0.327 e. The van der Waals surface area contributed by atoms with Crippen LogP contribution in [0, 0.1) is 0 Å². The summed E-state index contributed by atoms with van der Waals surface area (Å²) in [6.45, 7) is 3.50. The second-order valence-electron chi connectivity index (χ2n) is 6.91. The number of hydrogen-bond donors (Lipinski definition) is 4. The second-order valence-corrected chi connectivity index (χ2v) is 8.68. The van der Waals surface area contributed by atoms with Gasteiger partial charge in [0.15, 0.2) is 0 Å². The van der Waals surface area contributed by atoms with Crippen LogP contribution in [0.4, 0.5) is 0 Å². The Hall–Kier alpha value is -2.10. The summed E-state index contributed by atoms with van der Waals surface area (Å²) < 4.78 is -0.681. The van der Waals surface area contributed by atoms with E-state index in [0.717, 1.165) is 0 Å². The minimum atomic E-state index is -1.49. The molecule has 8 nitrogen and oxygen atoms in total. The van der Waals surface area contributed by atoms with Crippen LogP contribution in [0.25, 0.3) is 0 Å². The fourth-order valence-corrected chi connectivity index (χ4v) is 5.20. The predicted molar refractivity (Wildman–Crippen MR) is 93.5 cm³/mol. The molecule has 1 amide bonds. The highest BCUT2D eigenvalue weighted by molar-refractivity contribution is 8.01. The van der Waals surface area contributed by atoms with E-state index in [2.05, 4.69) is 5.32 Å². The minimum Gasteiger partial charge on any atom is -0.481 e. The van der Waals surface area contributed by atoms with E-state index in [9.17, 15) is 29.7 Å². The summed E-state index contributed by atoms with van der Waals surface area (Å²) in [6, 6.07) is 6.47. The van der Waals surface area contributed by atoms with Gasteiger partial charge in [-0.1, -0.05) is 30.3 Å². The van der Waals surface area contributed by atoms with Gasteiger partial charge < -0.3 is 20.2 Å². The van der Waals surface area contributed by atoms with E-state index in [1.165, 1.54) is 16.7 Å². The van der Waals surface area contributed by atoms with Crippen molar-refractivity contribution in [3.05, 3.63) is 35.9 Å². The molecule has 3 rings (SSSR count). The topological polar surface area (TPSA) is 127 Å². The van der Waals surface area contributed by atoms with Crippen molar-refractivity contribution in [1.29, 1.82) is 0 Å². The van der Waals surface area contributed by atoms with E-state index in [1.807, 2.05) is 0 Å². The van der Waals surface area contributed by atoms with E-state index in [1.54, 1.807) is 44.2 Å². The van der Waals surface area contributed by atoms with E-state index < -0.39 is 52.2 Å². The third-order valence-electron chi connectivity index (χ3n) is 4.77. The van der Waals surface area contributed by atoms with Crippen molar-refractivity contribution in [2.45, 2.75) is 48.2 Å². The first-order valence-electron chi connectivity index (χ1n) is 8.10. The first-order valence-corrected chi connectivity index (χ1v) is 8.98. The molecule has 2 aliphatic rings. The molecule has 3 unspecified atom stereocenters. The molecule has 0 radical (unpaired) electrons. The van der Waals surface area contributed by atoms with Gasteiger partial charge in [-0.2, -0.15) is 0 Å². The first-order chi connectivity index (χ1) is 12.1. The average Bonchev–Trinajstić information content (AvgIpc) is 2.82. The second kappa shape index (κ2) is 6.57. The Labute approximate surface area is 154 Å². The zero-order valence-electron chi connectivity index (χ0n) is 14.2. The molecule has 0 spiro atoms. The van der Waals surface area contributed by atoms with Gasteiger partial charge in [0.2, 0.25) is 5.91 Å². The van der Waals surface area contributed by atoms with Gasteiger partial charge in [-0.05, 0) is 19.4 Å². The average molecular weight is 380 g/mol. The number of carboxylic acids is 2. The molecule has 1 aromatic carbocycles. The normalized spacial score (nSPS) is 28.8. The van der Waals surface area contributed by atoms with Crippen LogP contribution >= 0.6 is 11.8 Å². The van der Waals surface area contributed by atoms with Gasteiger partial charge in [0.05, 0.1) is 0 Å². The van der Waals surface area contributed by atoms with Crippen molar-refractivity contribution < 1.29 is 29.7 Å². The molecular formula is C17H20N2O6S. The van der Waals surface area contributed by atoms with Crippen molar-refractivity contribution >= 4 is 29.6 Å². The van der Waals surface area contributed by atoms with Gasteiger partial charge in [-0.25, -0.2) is 4.79 Å². The number of rotatable bonds is 6. The monoisotopic (exact) mass is 380 g/mol. The number of carbonyl (C=O) groups excluding carboxylic acids is 1. The summed E-state index contributed by atoms with van der Waals surface area (Å²) >= 11 is 1.33. The summed E-state index contributed by atoms with van der Waals surface area (Å²) in [6.07, 6.45) is -1.49. The number of hydrogen-bond acceptors (Lipinski definition) is 6. The Morgan fingerprint density at radius 2 is 1.85 bits per heavy atom. The van der Waals surface area contributed by atoms with E-state index in [0.29, 0.717) is 5.56 Å². The van der Waals surface area contributed by atoms with Gasteiger partial charge in [0.1, 0.15) is 29.6 Å². The molecule has 140 valence electrons. The molecule has 0 saturated carbocycles. The number of fused-ring (bicyclic) bond motifs is 1. The molecule has 0 aliphatic carbocycles. The zero-order valence-corrected chi connectivity index (χ0v) is 15.0. The number of benzene rings is 1. The maximum absolute atomic E-state index is 12.4. The Kier molecular flexibility index (Phi) is 4.72. The van der Waals surface area contributed by atoms with Gasteiger partial charge in [0.25, 0.3) is 0 Å². The van der Waals surface area contributed by atoms with Crippen LogP contribution in [0.3, 0.4) is 0 Å². The molecule has 2 heterocycles. The molecule has 2 saturated heterocycles. The SMILES string of the molecule is CC1(C)S[C@@H]2[C@H](NC(O)C(C(=O)O)c3ccccc3)C(=O)N2C1C(=O)O. The van der Waals surface area contributed by atoms with Crippen molar-refractivity contribution in [3.8, 4) is 0 Å². The molecule has 0 aromatic heterocycles. The lowest BCUT2D eigenvalue weighted by molar-refractivity contribution is -0.162. The van der Waals surface area contributed by atoms with Gasteiger partial charge in [0, 0.05) is 4.75 Å². The summed E-state index contributed by atoms with van der Waals surface area (Å²) in [7, 11) is 0. The molecule has 26 heavy (non-hydrogen) atoms. The molecule has 2 fully saturated rings. The number of aliphatic carboxylic acids is 2. The Morgan fingerprint density at radius 3 is 2.38 bits per heavy atom. The summed E-state index contributed by atoms with van der Waals surface area (Å²) in [5, 5.41) is 31.5. The summed E-state index contributed by atoms with van der Waals surface area (Å²) in [5.74, 6) is -3.99. The third-order valence-corrected chi connectivity index (χ3v) is 6.34. The predicted octanol–water partition coefficient (Wildman–Crippen LogP) is 0.278. The quantitative estimate of drug-likeness (QED) is 0.409. The van der Waals surface area contributed by atoms with E-state index in [-0.39, 0.29) is 0 Å². The Balaban J connectivity index is 1.77. The number of aliphatic hydroxyl groups excluding tert-OH is 1. The fourth-order valence-electron chi connectivity index (χ4n) is 3.57. The van der Waals surface area contributed by atoms with Crippen LogP contribution in [0.5, 0.6) is 0 Å². The van der Waals surface area contributed by atoms with Crippen molar-refractivity contribution in [2.24, 2.45) is 0 Å². The number of nitrogens with one attached hydrogen (secondary N) is 1. The van der Waals surface area contributed by atoms with Crippen LogP contribution < -0.4 is 5.32 Å². The van der Waals surface area contributed by atoms with Gasteiger partial charge >= 0.3 is 11.9 Å². The molecule has 5 atom stereocenters. The lowest BCUT2D eigenvalue weighted by Gasteiger charge is -2.45. The summed E-state index contributed by atoms with van der Waals surface area (Å²) in [5.41, 5.74) is 0.409. The van der Waals surface area contributed by atoms with Gasteiger partial charge in [-0.15, -0.1) is 11.8 Å². The van der Waals surface area contributed by atoms with Crippen molar-refractivity contribution in [1.82, 2.24) is 10.2 Å². The molecule has 9 heteroatoms. The van der Waals surface area contributed by atoms with E-state index in [4.69, 9.17) is 0 Å². The molecule has 2 aliphatic heterocycles. The zero-order chi connectivity index (χ0) is 19.2. The number of carbonyl (C=O) groups is 3. The highest BCUT2D eigenvalue weighted by Crippen LogP contribution is 2.50. The number of amides is 1. The Bertz CT molecular complexity index is 740. The van der Waals surface area contributed by atoms with Crippen LogP contribution in [-0.2, 0) is 14.4 Å². The molecule has 4 N–H and O–H groups in total. The third kappa shape index (κ3) is 2.95. The van der Waals surface area contributed by atoms with Crippen LogP contribution in [-0.4, -0.2) is 66.5 Å². The largest absolute Gasteiger partial charge is 0.481 e. The maximum atomic E-state index is 12.4. The van der Waals surface area contributed by atoms with Crippen molar-refractivity contribution in [3.63, 3.8) is 0 Å². The number of β-lactam (4-membered cyclic amide) rings is 1. The number of aliphatic hydroxyl groups is 1. The van der Waals surface area contributed by atoms with E-state index >= 15 is 0 Å². The lowest BCUT2D eigenvalue weighted by atomic mass is 9.94. The molecule has 0 bridgehead atoms. The number of carboxylic acid groups (broad SMARTS) is 2. The fraction of sp³-hybridized carbons (Fsp3) is 0.471. The number of thioether (sulfide) groups is 1. The van der Waals surface area contributed by atoms with Gasteiger partial charge in [-0.3, -0.25) is 14.9 Å². The van der Waals surface area contributed by atoms with Crippen molar-refractivity contribution in [2.75, 3.05) is 0 Å².